The van der Waals surface area contributed by atoms with Crippen molar-refractivity contribution < 1.29 is 4.79 Å². The van der Waals surface area contributed by atoms with Gasteiger partial charge in [-0.15, -0.1) is 12.4 Å². The SMILES string of the molecule is Cl.N[C@H](C(=O)N1Cc2ccccc2C1)C1CCCCC1. The molecule has 0 saturated heterocycles. The zero-order chi connectivity index (χ0) is 13.2. The van der Waals surface area contributed by atoms with Crippen LogP contribution in [-0.4, -0.2) is 16.8 Å². The highest BCUT2D eigenvalue weighted by molar-refractivity contribution is 5.85. The minimum Gasteiger partial charge on any atom is -0.333 e. The molecule has 2 aliphatic rings. The maximum Gasteiger partial charge on any atom is 0.240 e. The molecule has 1 amide bonds. The monoisotopic (exact) mass is 294 g/mol. The maximum absolute atomic E-state index is 12.5. The molecule has 1 aromatic rings. The second kappa shape index (κ2) is 6.59. The molecular weight excluding hydrogens is 272 g/mol. The molecule has 1 fully saturated rings. The number of carbonyl (C=O) groups excluding carboxylic acids is 1. The summed E-state index contributed by atoms with van der Waals surface area (Å²) in [5.74, 6) is 0.535. The Kier molecular flexibility index (Phi) is 5.06. The van der Waals surface area contributed by atoms with Crippen molar-refractivity contribution in [2.75, 3.05) is 0 Å². The fourth-order valence-corrected chi connectivity index (χ4v) is 3.39. The smallest absolute Gasteiger partial charge is 0.240 e. The van der Waals surface area contributed by atoms with Crippen LogP contribution in [0.5, 0.6) is 0 Å². The number of nitrogens with zero attached hydrogens (tertiary/aromatic N) is 1. The zero-order valence-corrected chi connectivity index (χ0v) is 12.6. The van der Waals surface area contributed by atoms with Crippen LogP contribution < -0.4 is 5.73 Å². The predicted molar refractivity (Wildman–Crippen MR) is 82.5 cm³/mol. The quantitative estimate of drug-likeness (QED) is 0.912. The Morgan fingerprint density at radius 1 is 1.10 bits per heavy atom. The molecule has 3 nitrogen and oxygen atoms in total. The number of amides is 1. The van der Waals surface area contributed by atoms with Gasteiger partial charge in [-0.25, -0.2) is 0 Å². The third kappa shape index (κ3) is 2.99. The lowest BCUT2D eigenvalue weighted by Gasteiger charge is -2.29. The van der Waals surface area contributed by atoms with E-state index < -0.39 is 0 Å². The number of halogens is 1. The molecule has 1 atom stereocenters. The van der Waals surface area contributed by atoms with Crippen LogP contribution in [0.25, 0.3) is 0 Å². The maximum atomic E-state index is 12.5. The van der Waals surface area contributed by atoms with Crippen molar-refractivity contribution in [3.8, 4) is 0 Å². The van der Waals surface area contributed by atoms with Crippen molar-refractivity contribution in [3.63, 3.8) is 0 Å². The van der Waals surface area contributed by atoms with E-state index in [-0.39, 0.29) is 24.4 Å². The molecule has 1 heterocycles. The summed E-state index contributed by atoms with van der Waals surface area (Å²) in [5, 5.41) is 0. The van der Waals surface area contributed by atoms with Gasteiger partial charge in [0.25, 0.3) is 0 Å². The Labute approximate surface area is 126 Å². The van der Waals surface area contributed by atoms with E-state index in [0.717, 1.165) is 25.9 Å². The summed E-state index contributed by atoms with van der Waals surface area (Å²) >= 11 is 0. The van der Waals surface area contributed by atoms with Gasteiger partial charge in [-0.2, -0.15) is 0 Å². The number of nitrogens with two attached hydrogens (primary N) is 1. The molecule has 20 heavy (non-hydrogen) atoms. The van der Waals surface area contributed by atoms with Gasteiger partial charge in [-0.05, 0) is 29.9 Å². The average Bonchev–Trinajstić information content (AvgIpc) is 2.90. The van der Waals surface area contributed by atoms with E-state index in [0.29, 0.717) is 5.92 Å². The molecular formula is C16H23ClN2O. The fourth-order valence-electron chi connectivity index (χ4n) is 3.39. The normalized spacial score (nSPS) is 20.1. The fraction of sp³-hybridized carbons (Fsp3) is 0.562. The predicted octanol–water partition coefficient (Wildman–Crippen LogP) is 2.86. The summed E-state index contributed by atoms with van der Waals surface area (Å²) in [7, 11) is 0. The number of rotatable bonds is 2. The van der Waals surface area contributed by atoms with Gasteiger partial charge in [0.2, 0.25) is 5.91 Å². The minimum atomic E-state index is -0.297. The number of hydrogen-bond donors (Lipinski definition) is 1. The van der Waals surface area contributed by atoms with Crippen molar-refractivity contribution in [3.05, 3.63) is 35.4 Å². The minimum absolute atomic E-state index is 0. The molecule has 4 heteroatoms. The van der Waals surface area contributed by atoms with Crippen molar-refractivity contribution in [2.45, 2.75) is 51.2 Å². The highest BCUT2D eigenvalue weighted by Crippen LogP contribution is 2.28. The molecule has 0 aromatic heterocycles. The van der Waals surface area contributed by atoms with Gasteiger partial charge in [0, 0.05) is 13.1 Å². The molecule has 0 bridgehead atoms. The van der Waals surface area contributed by atoms with Crippen molar-refractivity contribution in [1.29, 1.82) is 0 Å². The Hall–Kier alpha value is -1.06. The first-order valence-corrected chi connectivity index (χ1v) is 7.37. The molecule has 0 radical (unpaired) electrons. The summed E-state index contributed by atoms with van der Waals surface area (Å²) < 4.78 is 0. The molecule has 0 spiro atoms. The summed E-state index contributed by atoms with van der Waals surface area (Å²) in [5.41, 5.74) is 8.76. The van der Waals surface area contributed by atoms with Gasteiger partial charge in [-0.1, -0.05) is 43.5 Å². The largest absolute Gasteiger partial charge is 0.333 e. The molecule has 2 N–H and O–H groups in total. The lowest BCUT2D eigenvalue weighted by atomic mass is 9.84. The number of benzene rings is 1. The summed E-state index contributed by atoms with van der Waals surface area (Å²) in [4.78, 5) is 14.4. The van der Waals surface area contributed by atoms with Gasteiger partial charge in [-0.3, -0.25) is 4.79 Å². The lowest BCUT2D eigenvalue weighted by Crippen LogP contribution is -2.46. The van der Waals surface area contributed by atoms with E-state index in [1.807, 2.05) is 17.0 Å². The van der Waals surface area contributed by atoms with E-state index >= 15 is 0 Å². The summed E-state index contributed by atoms with van der Waals surface area (Å²) in [6.07, 6.45) is 5.99. The first-order valence-electron chi connectivity index (χ1n) is 7.37. The Morgan fingerprint density at radius 3 is 2.20 bits per heavy atom. The van der Waals surface area contributed by atoms with E-state index in [4.69, 9.17) is 5.73 Å². The second-order valence-corrected chi connectivity index (χ2v) is 5.89. The Bertz CT molecular complexity index is 446. The summed E-state index contributed by atoms with van der Waals surface area (Å²) in [6, 6.07) is 7.99. The molecule has 3 rings (SSSR count). The zero-order valence-electron chi connectivity index (χ0n) is 11.8. The van der Waals surface area contributed by atoms with Gasteiger partial charge >= 0.3 is 0 Å². The standard InChI is InChI=1S/C16H22N2O.ClH/c17-15(12-6-2-1-3-7-12)16(19)18-10-13-8-4-5-9-14(13)11-18;/h4-5,8-9,12,15H,1-3,6-7,10-11,17H2;1H/t15-;/m0./s1. The molecule has 1 aliphatic heterocycles. The Balaban J connectivity index is 0.00000147. The first-order chi connectivity index (χ1) is 9.25. The summed E-state index contributed by atoms with van der Waals surface area (Å²) in [6.45, 7) is 1.46. The van der Waals surface area contributed by atoms with E-state index in [2.05, 4.69) is 12.1 Å². The van der Waals surface area contributed by atoms with Gasteiger partial charge in [0.1, 0.15) is 0 Å². The van der Waals surface area contributed by atoms with Crippen LogP contribution in [0.1, 0.15) is 43.2 Å². The van der Waals surface area contributed by atoms with Crippen LogP contribution in [0.4, 0.5) is 0 Å². The molecule has 1 aromatic carbocycles. The molecule has 0 unspecified atom stereocenters. The number of carbonyl (C=O) groups is 1. The number of fused-ring (bicyclic) bond motifs is 1. The third-order valence-corrected chi connectivity index (χ3v) is 4.60. The first kappa shape index (κ1) is 15.3. The van der Waals surface area contributed by atoms with Crippen LogP contribution in [0, 0.1) is 5.92 Å². The highest BCUT2D eigenvalue weighted by atomic mass is 35.5. The van der Waals surface area contributed by atoms with Crippen LogP contribution in [0.15, 0.2) is 24.3 Å². The second-order valence-electron chi connectivity index (χ2n) is 5.89. The Morgan fingerprint density at radius 2 is 1.65 bits per heavy atom. The topological polar surface area (TPSA) is 46.3 Å². The molecule has 1 aliphatic carbocycles. The van der Waals surface area contributed by atoms with E-state index in [1.165, 1.54) is 30.4 Å². The van der Waals surface area contributed by atoms with Crippen LogP contribution >= 0.6 is 12.4 Å². The molecule has 1 saturated carbocycles. The van der Waals surface area contributed by atoms with Crippen LogP contribution in [-0.2, 0) is 17.9 Å². The van der Waals surface area contributed by atoms with E-state index in [9.17, 15) is 4.79 Å². The molecule has 110 valence electrons. The van der Waals surface area contributed by atoms with Gasteiger partial charge in [0.05, 0.1) is 6.04 Å². The highest BCUT2D eigenvalue weighted by Gasteiger charge is 2.32. The van der Waals surface area contributed by atoms with Gasteiger partial charge < -0.3 is 10.6 Å². The van der Waals surface area contributed by atoms with Crippen molar-refractivity contribution in [2.24, 2.45) is 11.7 Å². The van der Waals surface area contributed by atoms with Crippen molar-refractivity contribution in [1.82, 2.24) is 4.90 Å². The van der Waals surface area contributed by atoms with Crippen molar-refractivity contribution >= 4 is 18.3 Å². The number of hydrogen-bond acceptors (Lipinski definition) is 2. The van der Waals surface area contributed by atoms with E-state index in [1.54, 1.807) is 0 Å². The van der Waals surface area contributed by atoms with Crippen LogP contribution in [0.2, 0.25) is 0 Å². The average molecular weight is 295 g/mol. The van der Waals surface area contributed by atoms with Crippen LogP contribution in [0.3, 0.4) is 0 Å². The third-order valence-electron chi connectivity index (χ3n) is 4.60. The van der Waals surface area contributed by atoms with Gasteiger partial charge in [0.15, 0.2) is 0 Å². The lowest BCUT2D eigenvalue weighted by molar-refractivity contribution is -0.134.